The first-order valence-electron chi connectivity index (χ1n) is 4.37. The Morgan fingerprint density at radius 2 is 2.07 bits per heavy atom. The smallest absolute Gasteiger partial charge is 0.303 e. The van der Waals surface area contributed by atoms with Crippen LogP contribution in [0.15, 0.2) is 24.3 Å². The minimum Gasteiger partial charge on any atom is -0.481 e. The predicted octanol–water partition coefficient (Wildman–Crippen LogP) is 2.13. The van der Waals surface area contributed by atoms with Crippen LogP contribution >= 0.6 is 11.6 Å². The summed E-state index contributed by atoms with van der Waals surface area (Å²) in [7, 11) is 0. The molecule has 0 atom stereocenters. The zero-order valence-corrected chi connectivity index (χ0v) is 8.41. The van der Waals surface area contributed by atoms with Crippen molar-refractivity contribution in [3.05, 3.63) is 30.7 Å². The van der Waals surface area contributed by atoms with E-state index in [0.29, 0.717) is 13.0 Å². The number of carboxylic acids is 1. The second-order valence-corrected chi connectivity index (χ2v) is 3.54. The highest BCUT2D eigenvalue weighted by atomic mass is 35.5. The van der Waals surface area contributed by atoms with Crippen LogP contribution in [0.4, 0.5) is 0 Å². The van der Waals surface area contributed by atoms with Gasteiger partial charge in [-0.2, -0.15) is 0 Å². The van der Waals surface area contributed by atoms with E-state index in [-0.39, 0.29) is 6.42 Å². The van der Waals surface area contributed by atoms with Gasteiger partial charge in [0.05, 0.1) is 6.61 Å². The molecule has 77 valence electrons. The summed E-state index contributed by atoms with van der Waals surface area (Å²) in [4.78, 5) is 10.2. The standard InChI is InChI=1S/C10H12ClO3/c11-10(6-2-1-3-7-10)14-8-4-5-9(12)13/h1-3,6-7H,4-5,8H2,(H,12,13). The van der Waals surface area contributed by atoms with Gasteiger partial charge in [0, 0.05) is 12.8 Å². The summed E-state index contributed by atoms with van der Waals surface area (Å²) < 4.78 is 5.33. The van der Waals surface area contributed by atoms with Gasteiger partial charge in [0.25, 0.3) is 0 Å². The second kappa shape index (κ2) is 5.17. The first kappa shape index (κ1) is 11.3. The number of carboxylic acid groups (broad SMARTS) is 1. The van der Waals surface area contributed by atoms with Crippen molar-refractivity contribution in [2.24, 2.45) is 0 Å². The van der Waals surface area contributed by atoms with Crippen LogP contribution in [0.25, 0.3) is 0 Å². The lowest BCUT2D eigenvalue weighted by Gasteiger charge is -2.21. The van der Waals surface area contributed by atoms with E-state index in [0.717, 1.165) is 0 Å². The average Bonchev–Trinajstić information content (AvgIpc) is 2.14. The molecule has 0 saturated carbocycles. The molecule has 0 aromatic rings. The molecule has 1 aliphatic carbocycles. The van der Waals surface area contributed by atoms with E-state index in [9.17, 15) is 4.79 Å². The fraction of sp³-hybridized carbons (Fsp3) is 0.400. The quantitative estimate of drug-likeness (QED) is 0.565. The number of allylic oxidation sites excluding steroid dienone is 2. The van der Waals surface area contributed by atoms with Crippen LogP contribution in [0.5, 0.6) is 0 Å². The number of halogens is 1. The fourth-order valence-corrected chi connectivity index (χ4v) is 1.26. The highest BCUT2D eigenvalue weighted by molar-refractivity contribution is 6.25. The monoisotopic (exact) mass is 215 g/mol. The first-order chi connectivity index (χ1) is 6.62. The summed E-state index contributed by atoms with van der Waals surface area (Å²) in [5, 5.41) is 7.50. The van der Waals surface area contributed by atoms with E-state index in [4.69, 9.17) is 21.4 Å². The Bertz CT molecular complexity index is 246. The van der Waals surface area contributed by atoms with Crippen LogP contribution in [-0.2, 0) is 9.53 Å². The highest BCUT2D eigenvalue weighted by Crippen LogP contribution is 2.24. The Balaban J connectivity index is 2.23. The Hall–Kier alpha value is -0.800. The van der Waals surface area contributed by atoms with Crippen molar-refractivity contribution in [1.29, 1.82) is 0 Å². The summed E-state index contributed by atoms with van der Waals surface area (Å²) >= 11 is 6.03. The molecule has 0 heterocycles. The predicted molar refractivity (Wildman–Crippen MR) is 54.0 cm³/mol. The highest BCUT2D eigenvalue weighted by Gasteiger charge is 2.21. The molecule has 0 unspecified atom stereocenters. The van der Waals surface area contributed by atoms with Gasteiger partial charge in [-0.05, 0) is 18.6 Å². The van der Waals surface area contributed by atoms with Crippen molar-refractivity contribution >= 4 is 17.6 Å². The van der Waals surface area contributed by atoms with E-state index in [1.54, 1.807) is 24.3 Å². The van der Waals surface area contributed by atoms with Crippen LogP contribution in [-0.4, -0.2) is 22.7 Å². The van der Waals surface area contributed by atoms with E-state index in [1.165, 1.54) is 0 Å². The third-order valence-corrected chi connectivity index (χ3v) is 2.09. The first-order valence-corrected chi connectivity index (χ1v) is 4.75. The van der Waals surface area contributed by atoms with E-state index in [2.05, 4.69) is 0 Å². The minimum atomic E-state index is -0.896. The van der Waals surface area contributed by atoms with Crippen LogP contribution in [0.1, 0.15) is 12.8 Å². The molecule has 1 N–H and O–H groups in total. The third kappa shape index (κ3) is 3.94. The average molecular weight is 216 g/mol. The van der Waals surface area contributed by atoms with Crippen molar-refractivity contribution in [2.75, 3.05) is 6.61 Å². The molecule has 1 radical (unpaired) electrons. The van der Waals surface area contributed by atoms with E-state index < -0.39 is 11.0 Å². The van der Waals surface area contributed by atoms with Crippen molar-refractivity contribution in [2.45, 2.75) is 17.9 Å². The molecule has 0 aromatic heterocycles. The second-order valence-electron chi connectivity index (χ2n) is 2.95. The molecule has 1 aliphatic rings. The van der Waals surface area contributed by atoms with Crippen molar-refractivity contribution in [1.82, 2.24) is 0 Å². The molecule has 0 amide bonds. The molecule has 3 nitrogen and oxygen atoms in total. The normalized spacial score (nSPS) is 18.4. The van der Waals surface area contributed by atoms with Gasteiger partial charge in [0.2, 0.25) is 0 Å². The molecular formula is C10H12ClO3. The van der Waals surface area contributed by atoms with Crippen LogP contribution in [0, 0.1) is 6.42 Å². The molecule has 0 saturated heterocycles. The van der Waals surface area contributed by atoms with Crippen LogP contribution < -0.4 is 0 Å². The Morgan fingerprint density at radius 3 is 2.64 bits per heavy atom. The number of carbonyl (C=O) groups is 1. The van der Waals surface area contributed by atoms with Crippen molar-refractivity contribution < 1.29 is 14.6 Å². The Labute approximate surface area is 88.0 Å². The molecule has 14 heavy (non-hydrogen) atoms. The number of rotatable bonds is 5. The summed E-state index contributed by atoms with van der Waals surface area (Å²) in [5.41, 5.74) is 0. The van der Waals surface area contributed by atoms with Gasteiger partial charge >= 0.3 is 5.97 Å². The van der Waals surface area contributed by atoms with Crippen molar-refractivity contribution in [3.63, 3.8) is 0 Å². The zero-order valence-electron chi connectivity index (χ0n) is 7.65. The largest absolute Gasteiger partial charge is 0.481 e. The van der Waals surface area contributed by atoms with Crippen molar-refractivity contribution in [3.8, 4) is 0 Å². The molecular weight excluding hydrogens is 204 g/mol. The minimum absolute atomic E-state index is 0.104. The molecule has 0 aliphatic heterocycles. The molecule has 0 aromatic carbocycles. The van der Waals surface area contributed by atoms with Gasteiger partial charge < -0.3 is 9.84 Å². The summed E-state index contributed by atoms with van der Waals surface area (Å²) in [6, 6.07) is 0. The Kier molecular flexibility index (Phi) is 4.17. The van der Waals surface area contributed by atoms with Gasteiger partial charge in [-0.25, -0.2) is 0 Å². The topological polar surface area (TPSA) is 46.5 Å². The van der Waals surface area contributed by atoms with Gasteiger partial charge in [-0.15, -0.1) is 0 Å². The molecule has 0 fully saturated rings. The number of hydrogen-bond acceptors (Lipinski definition) is 2. The molecule has 0 spiro atoms. The third-order valence-electron chi connectivity index (χ3n) is 1.73. The lowest BCUT2D eigenvalue weighted by molar-refractivity contribution is -0.137. The van der Waals surface area contributed by atoms with Gasteiger partial charge in [0.15, 0.2) is 5.06 Å². The lowest BCUT2D eigenvalue weighted by Crippen LogP contribution is -2.22. The SMILES string of the molecule is O=C(O)CCCOC1(Cl)C=C[CH]C=C1. The molecule has 0 bridgehead atoms. The van der Waals surface area contributed by atoms with Crippen LogP contribution in [0.2, 0.25) is 0 Å². The zero-order chi connectivity index (χ0) is 10.4. The van der Waals surface area contributed by atoms with Gasteiger partial charge in [-0.3, -0.25) is 4.79 Å². The maximum Gasteiger partial charge on any atom is 0.303 e. The molecule has 1 rings (SSSR count). The maximum absolute atomic E-state index is 10.2. The van der Waals surface area contributed by atoms with Gasteiger partial charge in [0.1, 0.15) is 0 Å². The summed E-state index contributed by atoms with van der Waals surface area (Å²) in [5.74, 6) is -0.819. The molecule has 4 heteroatoms. The summed E-state index contributed by atoms with van der Waals surface area (Å²) in [6.07, 6.45) is 9.45. The summed E-state index contributed by atoms with van der Waals surface area (Å²) in [6.45, 7) is 0.338. The number of hydrogen-bond donors (Lipinski definition) is 1. The van der Waals surface area contributed by atoms with Gasteiger partial charge in [-0.1, -0.05) is 23.8 Å². The fourth-order valence-electron chi connectivity index (χ4n) is 1.04. The maximum atomic E-state index is 10.2. The lowest BCUT2D eigenvalue weighted by atomic mass is 10.1. The number of aliphatic carboxylic acids is 1. The number of alkyl halides is 1. The van der Waals surface area contributed by atoms with E-state index in [1.807, 2.05) is 6.42 Å². The Morgan fingerprint density at radius 1 is 1.43 bits per heavy atom. The number of ether oxygens (including phenoxy) is 1. The van der Waals surface area contributed by atoms with E-state index >= 15 is 0 Å². The van der Waals surface area contributed by atoms with Crippen LogP contribution in [0.3, 0.4) is 0 Å².